The predicted molar refractivity (Wildman–Crippen MR) is 77.7 cm³/mol. The number of nitrogens with one attached hydrogen (secondary N) is 2. The van der Waals surface area contributed by atoms with E-state index < -0.39 is 0 Å². The van der Waals surface area contributed by atoms with E-state index in [0.717, 1.165) is 13.1 Å². The summed E-state index contributed by atoms with van der Waals surface area (Å²) in [4.78, 5) is 0. The molecule has 1 atom stereocenters. The van der Waals surface area contributed by atoms with Crippen LogP contribution in [0.15, 0.2) is 16.6 Å². The summed E-state index contributed by atoms with van der Waals surface area (Å²) in [6.45, 7) is 6.59. The smallest absolute Gasteiger partial charge is 0.0348 e. The highest BCUT2D eigenvalue weighted by Gasteiger charge is 2.12. The molecule has 1 saturated heterocycles. The maximum Gasteiger partial charge on any atom is 0.0348 e. The summed E-state index contributed by atoms with van der Waals surface area (Å²) < 4.78 is 1.23. The number of aryl methyl sites for hydroxylation is 2. The van der Waals surface area contributed by atoms with Gasteiger partial charge in [-0.2, -0.15) is 0 Å². The molecular weight excluding hydrogens is 276 g/mol. The van der Waals surface area contributed by atoms with Gasteiger partial charge in [0.15, 0.2) is 0 Å². The highest BCUT2D eigenvalue weighted by molar-refractivity contribution is 9.10. The Morgan fingerprint density at radius 3 is 2.59 bits per heavy atom. The molecule has 0 saturated carbocycles. The maximum atomic E-state index is 3.67. The van der Waals surface area contributed by atoms with Crippen LogP contribution in [0.3, 0.4) is 0 Å². The zero-order valence-electron chi connectivity index (χ0n) is 10.6. The second kappa shape index (κ2) is 5.87. The molecule has 2 N–H and O–H groups in total. The zero-order valence-corrected chi connectivity index (χ0v) is 12.2. The van der Waals surface area contributed by atoms with Gasteiger partial charge in [-0.05, 0) is 69.5 Å². The monoisotopic (exact) mass is 296 g/mol. The van der Waals surface area contributed by atoms with E-state index in [0.29, 0.717) is 6.04 Å². The molecule has 3 heteroatoms. The lowest BCUT2D eigenvalue weighted by atomic mass is 10.1. The molecule has 2 rings (SSSR count). The van der Waals surface area contributed by atoms with Gasteiger partial charge in [0, 0.05) is 16.2 Å². The molecule has 1 unspecified atom stereocenters. The molecular formula is C14H21BrN2. The largest absolute Gasteiger partial charge is 0.382 e. The first kappa shape index (κ1) is 12.9. The average Bonchev–Trinajstić information content (AvgIpc) is 2.54. The average molecular weight is 297 g/mol. The topological polar surface area (TPSA) is 24.1 Å². The maximum absolute atomic E-state index is 3.67. The van der Waals surface area contributed by atoms with Gasteiger partial charge in [0.25, 0.3) is 0 Å². The summed E-state index contributed by atoms with van der Waals surface area (Å²) in [7, 11) is 0. The van der Waals surface area contributed by atoms with Crippen molar-refractivity contribution in [3.05, 3.63) is 27.7 Å². The molecule has 1 aliphatic heterocycles. The quantitative estimate of drug-likeness (QED) is 0.871. The van der Waals surface area contributed by atoms with Crippen molar-refractivity contribution in [3.8, 4) is 0 Å². The molecule has 1 aromatic rings. The number of hydrogen-bond acceptors (Lipinski definition) is 2. The Labute approximate surface area is 112 Å². The van der Waals surface area contributed by atoms with E-state index in [1.165, 1.54) is 40.5 Å². The molecule has 1 fully saturated rings. The van der Waals surface area contributed by atoms with Crippen LogP contribution in [-0.4, -0.2) is 19.1 Å². The first-order chi connectivity index (χ1) is 8.16. The van der Waals surface area contributed by atoms with Crippen molar-refractivity contribution >= 4 is 21.6 Å². The lowest BCUT2D eigenvalue weighted by Gasteiger charge is -2.18. The van der Waals surface area contributed by atoms with Crippen LogP contribution in [0.1, 0.15) is 30.4 Å². The van der Waals surface area contributed by atoms with Crippen LogP contribution in [0.4, 0.5) is 5.69 Å². The minimum Gasteiger partial charge on any atom is -0.382 e. The van der Waals surface area contributed by atoms with Gasteiger partial charge in [0.05, 0.1) is 0 Å². The first-order valence-electron chi connectivity index (χ1n) is 6.41. The van der Waals surface area contributed by atoms with Gasteiger partial charge in [-0.3, -0.25) is 0 Å². The normalized spacial score (nSPS) is 21.0. The number of hydrogen-bond donors (Lipinski definition) is 2. The Morgan fingerprint density at radius 2 is 1.88 bits per heavy atom. The highest BCUT2D eigenvalue weighted by Crippen LogP contribution is 2.26. The van der Waals surface area contributed by atoms with E-state index >= 15 is 0 Å². The van der Waals surface area contributed by atoms with Crippen molar-refractivity contribution in [1.29, 1.82) is 0 Å². The van der Waals surface area contributed by atoms with E-state index in [-0.39, 0.29) is 0 Å². The Balaban J connectivity index is 2.07. The predicted octanol–water partition coefficient (Wildman–Crippen LogP) is 3.62. The van der Waals surface area contributed by atoms with Gasteiger partial charge in [0.2, 0.25) is 0 Å². The van der Waals surface area contributed by atoms with Gasteiger partial charge in [-0.1, -0.05) is 15.9 Å². The zero-order chi connectivity index (χ0) is 12.3. The summed E-state index contributed by atoms with van der Waals surface area (Å²) in [5, 5.41) is 7.12. The lowest BCUT2D eigenvalue weighted by Crippen LogP contribution is -2.21. The fraction of sp³-hybridized carbons (Fsp3) is 0.571. The number of rotatable bonds is 2. The molecule has 1 aliphatic rings. The summed E-state index contributed by atoms with van der Waals surface area (Å²) in [5.41, 5.74) is 3.87. The van der Waals surface area contributed by atoms with Crippen molar-refractivity contribution in [2.45, 2.75) is 39.2 Å². The molecule has 17 heavy (non-hydrogen) atoms. The Bertz CT molecular complexity index is 359. The van der Waals surface area contributed by atoms with Crippen LogP contribution < -0.4 is 10.6 Å². The van der Waals surface area contributed by atoms with Crippen LogP contribution >= 0.6 is 15.9 Å². The molecule has 0 bridgehead atoms. The molecule has 0 radical (unpaired) electrons. The van der Waals surface area contributed by atoms with Gasteiger partial charge in [-0.15, -0.1) is 0 Å². The van der Waals surface area contributed by atoms with Crippen LogP contribution in [0, 0.1) is 13.8 Å². The lowest BCUT2D eigenvalue weighted by molar-refractivity contribution is 0.637. The highest BCUT2D eigenvalue weighted by atomic mass is 79.9. The van der Waals surface area contributed by atoms with Crippen molar-refractivity contribution in [2.75, 3.05) is 18.4 Å². The summed E-state index contributed by atoms with van der Waals surface area (Å²) in [6.07, 6.45) is 3.75. The van der Waals surface area contributed by atoms with Crippen LogP contribution in [0.25, 0.3) is 0 Å². The molecule has 0 aromatic heterocycles. The van der Waals surface area contributed by atoms with Gasteiger partial charge in [-0.25, -0.2) is 0 Å². The third-order valence-electron chi connectivity index (χ3n) is 3.38. The third-order valence-corrected chi connectivity index (χ3v) is 4.63. The van der Waals surface area contributed by atoms with Crippen molar-refractivity contribution in [2.24, 2.45) is 0 Å². The van der Waals surface area contributed by atoms with Crippen molar-refractivity contribution < 1.29 is 0 Å². The van der Waals surface area contributed by atoms with E-state index in [4.69, 9.17) is 0 Å². The summed E-state index contributed by atoms with van der Waals surface area (Å²) >= 11 is 3.61. The fourth-order valence-corrected chi connectivity index (χ4v) is 2.66. The third kappa shape index (κ3) is 3.46. The second-order valence-corrected chi connectivity index (χ2v) is 5.74. The first-order valence-corrected chi connectivity index (χ1v) is 7.20. The summed E-state index contributed by atoms with van der Waals surface area (Å²) in [6, 6.07) is 5.08. The van der Waals surface area contributed by atoms with Gasteiger partial charge in [0.1, 0.15) is 0 Å². The molecule has 1 aromatic carbocycles. The van der Waals surface area contributed by atoms with E-state index in [1.807, 2.05) is 0 Å². The number of halogens is 1. The molecule has 94 valence electrons. The second-order valence-electron chi connectivity index (χ2n) is 4.95. The minimum atomic E-state index is 0.616. The Hall–Kier alpha value is -0.540. The Kier molecular flexibility index (Phi) is 4.46. The van der Waals surface area contributed by atoms with Crippen LogP contribution in [-0.2, 0) is 0 Å². The molecule has 2 nitrogen and oxygen atoms in total. The molecule has 0 spiro atoms. The molecule has 0 amide bonds. The number of benzene rings is 1. The Morgan fingerprint density at radius 1 is 1.18 bits per heavy atom. The summed E-state index contributed by atoms with van der Waals surface area (Å²) in [5.74, 6) is 0. The van der Waals surface area contributed by atoms with Gasteiger partial charge >= 0.3 is 0 Å². The van der Waals surface area contributed by atoms with E-state index in [9.17, 15) is 0 Å². The van der Waals surface area contributed by atoms with Crippen molar-refractivity contribution in [3.63, 3.8) is 0 Å². The molecule has 0 aliphatic carbocycles. The van der Waals surface area contributed by atoms with Gasteiger partial charge < -0.3 is 10.6 Å². The van der Waals surface area contributed by atoms with E-state index in [2.05, 4.69) is 52.5 Å². The minimum absolute atomic E-state index is 0.616. The fourth-order valence-electron chi connectivity index (χ4n) is 2.43. The standard InChI is InChI=1S/C14H21BrN2/c1-10-8-13(9-11(2)14(10)15)17-12-4-3-6-16-7-5-12/h8-9,12,16-17H,3-7H2,1-2H3. The van der Waals surface area contributed by atoms with Crippen molar-refractivity contribution in [1.82, 2.24) is 5.32 Å². The van der Waals surface area contributed by atoms with Crippen LogP contribution in [0.5, 0.6) is 0 Å². The number of anilines is 1. The van der Waals surface area contributed by atoms with E-state index in [1.54, 1.807) is 0 Å². The SMILES string of the molecule is Cc1cc(NC2CCCNCC2)cc(C)c1Br. The molecule has 1 heterocycles. The van der Waals surface area contributed by atoms with Crippen LogP contribution in [0.2, 0.25) is 0 Å².